The zero-order valence-electron chi connectivity index (χ0n) is 7.02. The van der Waals surface area contributed by atoms with Gasteiger partial charge in [0.1, 0.15) is 0 Å². The summed E-state index contributed by atoms with van der Waals surface area (Å²) in [6.07, 6.45) is 0. The molecule has 1 aliphatic heterocycles. The van der Waals surface area contributed by atoms with E-state index in [1.165, 1.54) is 7.11 Å². The Morgan fingerprint density at radius 2 is 2.08 bits per heavy atom. The first kappa shape index (κ1) is 9.85. The van der Waals surface area contributed by atoms with Crippen LogP contribution < -0.4 is 0 Å². The minimum Gasteiger partial charge on any atom is -0.379 e. The number of methoxy groups -OCH3 is 1. The first-order valence-corrected chi connectivity index (χ1v) is 3.71. The molecule has 1 heterocycles. The van der Waals surface area contributed by atoms with Crippen molar-refractivity contribution in [2.45, 2.75) is 0 Å². The van der Waals surface area contributed by atoms with E-state index in [1.54, 1.807) is 5.06 Å². The summed E-state index contributed by atoms with van der Waals surface area (Å²) in [5.74, 6) is 0. The van der Waals surface area contributed by atoms with Gasteiger partial charge in [-0.25, -0.2) is 0 Å². The van der Waals surface area contributed by atoms with Gasteiger partial charge in [0.15, 0.2) is 6.79 Å². The standard InChI is InChI=1S/C6H13NO5/c1-8-6-10-12-11-7-2-4-9-5-3-7/h2-6H2,1H3. The second kappa shape index (κ2) is 6.30. The van der Waals surface area contributed by atoms with Gasteiger partial charge in [-0.1, -0.05) is 0 Å². The summed E-state index contributed by atoms with van der Waals surface area (Å²) in [6.45, 7) is 2.69. The third-order valence-electron chi connectivity index (χ3n) is 1.32. The lowest BCUT2D eigenvalue weighted by molar-refractivity contribution is -0.592. The van der Waals surface area contributed by atoms with Crippen LogP contribution in [0.2, 0.25) is 0 Å². The van der Waals surface area contributed by atoms with Gasteiger partial charge >= 0.3 is 0 Å². The van der Waals surface area contributed by atoms with Gasteiger partial charge in [0.2, 0.25) is 0 Å². The van der Waals surface area contributed by atoms with E-state index in [9.17, 15) is 0 Å². The van der Waals surface area contributed by atoms with Crippen LogP contribution in [0.3, 0.4) is 0 Å². The van der Waals surface area contributed by atoms with Crippen molar-refractivity contribution in [1.29, 1.82) is 0 Å². The fourth-order valence-electron chi connectivity index (χ4n) is 0.753. The third-order valence-corrected chi connectivity index (χ3v) is 1.32. The van der Waals surface area contributed by atoms with Gasteiger partial charge in [0.05, 0.1) is 26.3 Å². The summed E-state index contributed by atoms with van der Waals surface area (Å²) >= 11 is 0. The Kier molecular flexibility index (Phi) is 5.16. The van der Waals surface area contributed by atoms with Crippen LogP contribution in [0.15, 0.2) is 0 Å². The van der Waals surface area contributed by atoms with Crippen LogP contribution in [0.1, 0.15) is 0 Å². The molecule has 0 saturated carbocycles. The van der Waals surface area contributed by atoms with Crippen molar-refractivity contribution in [3.63, 3.8) is 0 Å². The van der Waals surface area contributed by atoms with E-state index in [4.69, 9.17) is 9.73 Å². The van der Waals surface area contributed by atoms with Crippen molar-refractivity contribution in [2.75, 3.05) is 40.2 Å². The second-order valence-corrected chi connectivity index (χ2v) is 2.21. The predicted octanol–water partition coefficient (Wildman–Crippen LogP) is -0.283. The van der Waals surface area contributed by atoms with Gasteiger partial charge in [-0.2, -0.15) is 4.89 Å². The van der Waals surface area contributed by atoms with Crippen LogP contribution in [0.5, 0.6) is 0 Å². The molecule has 6 heteroatoms. The number of morpholine rings is 1. The first-order chi connectivity index (χ1) is 5.93. The quantitative estimate of drug-likeness (QED) is 0.250. The highest BCUT2D eigenvalue weighted by Crippen LogP contribution is 1.97. The SMILES string of the molecule is COCOOON1CCOCC1. The van der Waals surface area contributed by atoms with Gasteiger partial charge in [0, 0.05) is 7.11 Å². The number of rotatable bonds is 5. The Morgan fingerprint density at radius 1 is 1.33 bits per heavy atom. The minimum atomic E-state index is 0.0460. The van der Waals surface area contributed by atoms with E-state index in [0.29, 0.717) is 26.3 Å². The molecule has 0 aromatic rings. The van der Waals surface area contributed by atoms with Crippen LogP contribution in [-0.4, -0.2) is 45.3 Å². The van der Waals surface area contributed by atoms with Gasteiger partial charge in [-0.15, -0.1) is 10.1 Å². The van der Waals surface area contributed by atoms with Gasteiger partial charge in [-0.3, -0.25) is 0 Å². The Morgan fingerprint density at radius 3 is 2.75 bits per heavy atom. The molecule has 0 amide bonds. The van der Waals surface area contributed by atoms with E-state index in [1.807, 2.05) is 0 Å². The normalized spacial score (nSPS) is 19.8. The third kappa shape index (κ3) is 3.96. The molecule has 12 heavy (non-hydrogen) atoms. The Bertz CT molecular complexity index is 106. The summed E-state index contributed by atoms with van der Waals surface area (Å²) < 4.78 is 9.65. The van der Waals surface area contributed by atoms with E-state index in [2.05, 4.69) is 14.7 Å². The van der Waals surface area contributed by atoms with Crippen molar-refractivity contribution >= 4 is 0 Å². The highest BCUT2D eigenvalue weighted by molar-refractivity contribution is 4.49. The van der Waals surface area contributed by atoms with Crippen molar-refractivity contribution in [2.24, 2.45) is 0 Å². The zero-order valence-corrected chi connectivity index (χ0v) is 7.02. The summed E-state index contributed by atoms with van der Waals surface area (Å²) in [7, 11) is 1.50. The molecule has 0 aliphatic carbocycles. The largest absolute Gasteiger partial charge is 0.379 e. The van der Waals surface area contributed by atoms with Crippen LogP contribution in [0, 0.1) is 0 Å². The zero-order chi connectivity index (χ0) is 8.65. The lowest BCUT2D eigenvalue weighted by atomic mass is 10.5. The molecule has 0 spiro atoms. The summed E-state index contributed by atoms with van der Waals surface area (Å²) in [5, 5.41) is 5.97. The van der Waals surface area contributed by atoms with Crippen LogP contribution in [0.25, 0.3) is 0 Å². The first-order valence-electron chi connectivity index (χ1n) is 3.71. The minimum absolute atomic E-state index is 0.0460. The molecule has 0 N–H and O–H groups in total. The van der Waals surface area contributed by atoms with Crippen LogP contribution in [0.4, 0.5) is 0 Å². The number of hydrogen-bond donors (Lipinski definition) is 0. The number of hydrogen-bond acceptors (Lipinski definition) is 6. The topological polar surface area (TPSA) is 49.4 Å². The van der Waals surface area contributed by atoms with Gasteiger partial charge < -0.3 is 9.47 Å². The molecule has 72 valence electrons. The smallest absolute Gasteiger partial charge is 0.183 e. The average Bonchev–Trinajstić information content (AvgIpc) is 2.14. The Balaban J connectivity index is 1.91. The highest BCUT2D eigenvalue weighted by atomic mass is 17.6. The lowest BCUT2D eigenvalue weighted by Crippen LogP contribution is -2.36. The maximum absolute atomic E-state index is 5.08. The van der Waals surface area contributed by atoms with E-state index < -0.39 is 0 Å². The molecule has 0 radical (unpaired) electrons. The fraction of sp³-hybridized carbons (Fsp3) is 1.00. The van der Waals surface area contributed by atoms with Crippen molar-refractivity contribution in [3.05, 3.63) is 0 Å². The number of nitrogens with zero attached hydrogens (tertiary/aromatic N) is 1. The molecule has 1 fully saturated rings. The van der Waals surface area contributed by atoms with Crippen LogP contribution >= 0.6 is 0 Å². The van der Waals surface area contributed by atoms with Crippen LogP contribution in [-0.2, 0) is 24.4 Å². The summed E-state index contributed by atoms with van der Waals surface area (Å²) in [5.41, 5.74) is 0. The lowest BCUT2D eigenvalue weighted by Gasteiger charge is -2.22. The number of ether oxygens (including phenoxy) is 2. The average molecular weight is 179 g/mol. The number of hydroxylamine groups is 2. The molecule has 1 aliphatic rings. The predicted molar refractivity (Wildman–Crippen MR) is 37.5 cm³/mol. The molecule has 1 saturated heterocycles. The molecule has 0 unspecified atom stereocenters. The maximum atomic E-state index is 5.08. The Labute approximate surface area is 70.7 Å². The molecule has 1 rings (SSSR count). The molecule has 0 atom stereocenters. The fourth-order valence-corrected chi connectivity index (χ4v) is 0.753. The highest BCUT2D eigenvalue weighted by Gasteiger charge is 2.11. The van der Waals surface area contributed by atoms with E-state index in [-0.39, 0.29) is 6.79 Å². The summed E-state index contributed by atoms with van der Waals surface area (Å²) in [4.78, 5) is 9.19. The second-order valence-electron chi connectivity index (χ2n) is 2.21. The van der Waals surface area contributed by atoms with Gasteiger partial charge in [-0.05, 0) is 5.04 Å². The molecule has 0 bridgehead atoms. The Hall–Kier alpha value is -0.240. The molecule has 0 aromatic carbocycles. The van der Waals surface area contributed by atoms with E-state index in [0.717, 1.165) is 0 Å². The summed E-state index contributed by atoms with van der Waals surface area (Å²) in [6, 6.07) is 0. The maximum Gasteiger partial charge on any atom is 0.183 e. The van der Waals surface area contributed by atoms with Crippen molar-refractivity contribution < 1.29 is 24.4 Å². The molecule has 6 nitrogen and oxygen atoms in total. The van der Waals surface area contributed by atoms with Gasteiger partial charge in [0.25, 0.3) is 0 Å². The monoisotopic (exact) mass is 179 g/mol. The molecular weight excluding hydrogens is 166 g/mol. The van der Waals surface area contributed by atoms with Crippen molar-refractivity contribution in [3.8, 4) is 0 Å². The molecule has 0 aromatic heterocycles. The van der Waals surface area contributed by atoms with Crippen molar-refractivity contribution in [1.82, 2.24) is 5.06 Å². The van der Waals surface area contributed by atoms with E-state index >= 15 is 0 Å². The molecular formula is C6H13NO5.